The molecule has 0 saturated heterocycles. The zero-order valence-electron chi connectivity index (χ0n) is 11.0. The van der Waals surface area contributed by atoms with Crippen LogP contribution in [0.1, 0.15) is 28.3 Å². The van der Waals surface area contributed by atoms with Crippen molar-refractivity contribution in [3.8, 4) is 0 Å². The fourth-order valence-electron chi connectivity index (χ4n) is 2.16. The Morgan fingerprint density at radius 1 is 1.00 bits per heavy atom. The molecule has 2 aromatic carbocycles. The number of benzene rings is 2. The van der Waals surface area contributed by atoms with Gasteiger partial charge in [-0.1, -0.05) is 52.3 Å². The van der Waals surface area contributed by atoms with Crippen LogP contribution in [0, 0.1) is 13.8 Å². The summed E-state index contributed by atoms with van der Waals surface area (Å²) in [6.45, 7) is 4.30. The first-order valence-electron chi connectivity index (χ1n) is 6.12. The zero-order valence-corrected chi connectivity index (χ0v) is 12.6. The molecule has 2 rings (SSSR count). The van der Waals surface area contributed by atoms with Gasteiger partial charge in [-0.3, -0.25) is 0 Å². The van der Waals surface area contributed by atoms with Crippen molar-refractivity contribution in [1.82, 2.24) is 5.32 Å². The molecule has 0 aliphatic heterocycles. The second-order valence-corrected chi connectivity index (χ2v) is 5.44. The normalized spacial score (nSPS) is 12.4. The van der Waals surface area contributed by atoms with Crippen LogP contribution >= 0.6 is 15.9 Å². The summed E-state index contributed by atoms with van der Waals surface area (Å²) in [7, 11) is 2.00. The van der Waals surface area contributed by atoms with Crippen molar-refractivity contribution in [1.29, 1.82) is 0 Å². The number of nitrogens with one attached hydrogen (secondary N) is 1. The third-order valence-electron chi connectivity index (χ3n) is 3.37. The van der Waals surface area contributed by atoms with Crippen LogP contribution in [-0.2, 0) is 0 Å². The first kappa shape index (κ1) is 13.3. The molecule has 18 heavy (non-hydrogen) atoms. The van der Waals surface area contributed by atoms with E-state index >= 15 is 0 Å². The third-order valence-corrected chi connectivity index (χ3v) is 4.09. The number of rotatable bonds is 3. The lowest BCUT2D eigenvalue weighted by atomic mass is 9.96. The monoisotopic (exact) mass is 303 g/mol. The predicted molar refractivity (Wildman–Crippen MR) is 81.0 cm³/mol. The summed E-state index contributed by atoms with van der Waals surface area (Å²) < 4.78 is 1.14. The molecule has 0 spiro atoms. The van der Waals surface area contributed by atoms with Gasteiger partial charge < -0.3 is 5.32 Å². The molecule has 1 N–H and O–H groups in total. The average Bonchev–Trinajstić information content (AvgIpc) is 2.37. The Hall–Kier alpha value is -1.12. The molecule has 2 heteroatoms. The Morgan fingerprint density at radius 3 is 2.33 bits per heavy atom. The molecule has 0 saturated carbocycles. The smallest absolute Gasteiger partial charge is 0.0585 e. The molecular weight excluding hydrogens is 286 g/mol. The maximum absolute atomic E-state index is 3.63. The van der Waals surface area contributed by atoms with E-state index in [1.54, 1.807) is 0 Å². The fourth-order valence-corrected chi connectivity index (χ4v) is 2.67. The van der Waals surface area contributed by atoms with Gasteiger partial charge in [-0.2, -0.15) is 0 Å². The van der Waals surface area contributed by atoms with Gasteiger partial charge in [0.1, 0.15) is 0 Å². The van der Waals surface area contributed by atoms with E-state index in [9.17, 15) is 0 Å². The fraction of sp³-hybridized carbons (Fsp3) is 0.250. The summed E-state index contributed by atoms with van der Waals surface area (Å²) in [6, 6.07) is 15.2. The van der Waals surface area contributed by atoms with Crippen molar-refractivity contribution in [3.63, 3.8) is 0 Å². The maximum atomic E-state index is 3.63. The Morgan fingerprint density at radius 2 is 1.72 bits per heavy atom. The molecule has 0 aliphatic rings. The summed E-state index contributed by atoms with van der Waals surface area (Å²) >= 11 is 3.63. The van der Waals surface area contributed by atoms with E-state index in [-0.39, 0.29) is 6.04 Å². The highest BCUT2D eigenvalue weighted by Crippen LogP contribution is 2.29. The number of hydrogen-bond donors (Lipinski definition) is 1. The van der Waals surface area contributed by atoms with E-state index < -0.39 is 0 Å². The van der Waals surface area contributed by atoms with Gasteiger partial charge in [0.15, 0.2) is 0 Å². The van der Waals surface area contributed by atoms with Gasteiger partial charge in [0.25, 0.3) is 0 Å². The van der Waals surface area contributed by atoms with Crippen molar-refractivity contribution in [2.24, 2.45) is 0 Å². The average molecular weight is 304 g/mol. The minimum Gasteiger partial charge on any atom is -0.309 e. The largest absolute Gasteiger partial charge is 0.309 e. The van der Waals surface area contributed by atoms with E-state index in [0.29, 0.717) is 0 Å². The molecule has 0 aromatic heterocycles. The van der Waals surface area contributed by atoms with Crippen molar-refractivity contribution in [2.45, 2.75) is 19.9 Å². The maximum Gasteiger partial charge on any atom is 0.0585 e. The molecule has 0 bridgehead atoms. The van der Waals surface area contributed by atoms with Crippen LogP contribution in [0.5, 0.6) is 0 Å². The summed E-state index contributed by atoms with van der Waals surface area (Å²) in [5, 5.41) is 3.39. The summed E-state index contributed by atoms with van der Waals surface area (Å²) in [4.78, 5) is 0. The first-order chi connectivity index (χ1) is 8.63. The van der Waals surface area contributed by atoms with Crippen molar-refractivity contribution >= 4 is 15.9 Å². The van der Waals surface area contributed by atoms with Crippen molar-refractivity contribution in [3.05, 3.63) is 69.2 Å². The number of hydrogen-bond acceptors (Lipinski definition) is 1. The Kier molecular flexibility index (Phi) is 4.20. The quantitative estimate of drug-likeness (QED) is 0.887. The highest BCUT2D eigenvalue weighted by atomic mass is 79.9. The molecule has 0 fully saturated rings. The molecule has 0 amide bonds. The lowest BCUT2D eigenvalue weighted by molar-refractivity contribution is 0.688. The van der Waals surface area contributed by atoms with Crippen LogP contribution < -0.4 is 5.32 Å². The van der Waals surface area contributed by atoms with E-state index in [1.165, 1.54) is 22.3 Å². The Balaban J connectivity index is 2.45. The minimum atomic E-state index is 0.222. The van der Waals surface area contributed by atoms with Crippen LogP contribution in [0.3, 0.4) is 0 Å². The van der Waals surface area contributed by atoms with Gasteiger partial charge in [-0.15, -0.1) is 0 Å². The van der Waals surface area contributed by atoms with E-state index in [2.05, 4.69) is 71.5 Å². The standard InChI is InChI=1S/C16H18BrN/c1-11-8-9-13(10-12(11)2)16(18-3)14-6-4-5-7-15(14)17/h4-10,16,18H,1-3H3. The molecular formula is C16H18BrN. The number of aryl methyl sites for hydroxylation is 2. The van der Waals surface area contributed by atoms with Crippen LogP contribution in [-0.4, -0.2) is 7.05 Å². The van der Waals surface area contributed by atoms with E-state index in [4.69, 9.17) is 0 Å². The van der Waals surface area contributed by atoms with Gasteiger partial charge in [0, 0.05) is 4.47 Å². The zero-order chi connectivity index (χ0) is 13.1. The molecule has 1 atom stereocenters. The summed E-state index contributed by atoms with van der Waals surface area (Å²) in [5.41, 5.74) is 5.23. The third kappa shape index (κ3) is 2.65. The van der Waals surface area contributed by atoms with Gasteiger partial charge >= 0.3 is 0 Å². The highest BCUT2D eigenvalue weighted by Gasteiger charge is 2.14. The predicted octanol–water partition coefficient (Wildman–Crippen LogP) is 4.37. The highest BCUT2D eigenvalue weighted by molar-refractivity contribution is 9.10. The Labute approximate surface area is 117 Å². The Bertz CT molecular complexity index is 549. The van der Waals surface area contributed by atoms with Crippen LogP contribution in [0.2, 0.25) is 0 Å². The molecule has 2 aromatic rings. The molecule has 1 nitrogen and oxygen atoms in total. The van der Waals surface area contributed by atoms with Crippen molar-refractivity contribution < 1.29 is 0 Å². The topological polar surface area (TPSA) is 12.0 Å². The molecule has 0 heterocycles. The number of halogens is 1. The lowest BCUT2D eigenvalue weighted by Gasteiger charge is -2.19. The van der Waals surface area contributed by atoms with Crippen molar-refractivity contribution in [2.75, 3.05) is 7.05 Å². The van der Waals surface area contributed by atoms with Crippen LogP contribution in [0.4, 0.5) is 0 Å². The van der Waals surface area contributed by atoms with E-state index in [1.807, 2.05) is 13.1 Å². The molecule has 1 unspecified atom stereocenters. The first-order valence-corrected chi connectivity index (χ1v) is 6.91. The van der Waals surface area contributed by atoms with Gasteiger partial charge in [-0.05, 0) is 49.2 Å². The van der Waals surface area contributed by atoms with Gasteiger partial charge in [-0.25, -0.2) is 0 Å². The molecule has 0 radical (unpaired) electrons. The second kappa shape index (κ2) is 5.68. The summed E-state index contributed by atoms with van der Waals surface area (Å²) in [5.74, 6) is 0. The van der Waals surface area contributed by atoms with Crippen LogP contribution in [0.25, 0.3) is 0 Å². The van der Waals surface area contributed by atoms with Crippen LogP contribution in [0.15, 0.2) is 46.9 Å². The SMILES string of the molecule is CNC(c1ccc(C)c(C)c1)c1ccccc1Br. The summed E-state index contributed by atoms with van der Waals surface area (Å²) in [6.07, 6.45) is 0. The van der Waals surface area contributed by atoms with Gasteiger partial charge in [0.05, 0.1) is 6.04 Å². The molecule has 0 aliphatic carbocycles. The van der Waals surface area contributed by atoms with E-state index in [0.717, 1.165) is 4.47 Å². The minimum absolute atomic E-state index is 0.222. The molecule has 94 valence electrons. The second-order valence-electron chi connectivity index (χ2n) is 4.59. The lowest BCUT2D eigenvalue weighted by Crippen LogP contribution is -2.18. The van der Waals surface area contributed by atoms with Gasteiger partial charge in [0.2, 0.25) is 0 Å².